The van der Waals surface area contributed by atoms with Crippen LogP contribution in [-0.4, -0.2) is 29.7 Å². The third kappa shape index (κ3) is 4.17. The zero-order valence-electron chi connectivity index (χ0n) is 12.8. The molecular weight excluding hydrogens is 406 g/mol. The summed E-state index contributed by atoms with van der Waals surface area (Å²) < 4.78 is 43.8. The minimum Gasteiger partial charge on any atom is -0.493 e. The number of hydrogen-bond donors (Lipinski definition) is 1. The van der Waals surface area contributed by atoms with E-state index in [0.717, 1.165) is 15.1 Å². The maximum Gasteiger partial charge on any atom is 0.250 e. The molecule has 1 N–H and O–H groups in total. The fourth-order valence-corrected chi connectivity index (χ4v) is 5.00. The number of benzene rings is 1. The second-order valence-electron chi connectivity index (χ2n) is 4.42. The van der Waals surface area contributed by atoms with E-state index in [1.807, 2.05) is 0 Å². The highest BCUT2D eigenvalue weighted by molar-refractivity contribution is 9.11. The molecule has 2 aromatic rings. The molecule has 0 saturated heterocycles. The van der Waals surface area contributed by atoms with Gasteiger partial charge in [0.25, 0.3) is 0 Å². The minimum atomic E-state index is -3.57. The molecule has 0 bridgehead atoms. The second-order valence-corrected chi connectivity index (χ2v) is 8.87. The highest BCUT2D eigenvalue weighted by Gasteiger charge is 2.18. The fraction of sp³-hybridized carbons (Fsp3) is 0.286. The number of rotatable bonds is 7. The van der Waals surface area contributed by atoms with Gasteiger partial charge < -0.3 is 14.2 Å². The quantitative estimate of drug-likeness (QED) is 0.743. The van der Waals surface area contributed by atoms with Gasteiger partial charge in [0.2, 0.25) is 15.8 Å². The van der Waals surface area contributed by atoms with Gasteiger partial charge in [0.1, 0.15) is 4.21 Å². The van der Waals surface area contributed by atoms with Crippen molar-refractivity contribution in [1.29, 1.82) is 0 Å². The molecule has 0 aliphatic heterocycles. The molecular formula is C14H16BrNO5S2. The zero-order chi connectivity index (χ0) is 17.0. The van der Waals surface area contributed by atoms with Crippen LogP contribution in [0, 0.1) is 0 Å². The van der Waals surface area contributed by atoms with Crippen LogP contribution in [0.5, 0.6) is 17.2 Å². The van der Waals surface area contributed by atoms with Gasteiger partial charge in [0, 0.05) is 6.54 Å². The number of methoxy groups -OCH3 is 3. The number of halogens is 1. The summed E-state index contributed by atoms with van der Waals surface area (Å²) in [6.45, 7) is 0.106. The van der Waals surface area contributed by atoms with Crippen LogP contribution in [0.2, 0.25) is 0 Å². The van der Waals surface area contributed by atoms with Gasteiger partial charge in [-0.15, -0.1) is 11.3 Å². The summed E-state index contributed by atoms with van der Waals surface area (Å²) in [7, 11) is 0.961. The molecule has 0 amide bonds. The van der Waals surface area contributed by atoms with Gasteiger partial charge in [0.15, 0.2) is 11.5 Å². The molecule has 0 spiro atoms. The van der Waals surface area contributed by atoms with Crippen LogP contribution in [0.15, 0.2) is 32.3 Å². The fourth-order valence-electron chi connectivity index (χ4n) is 1.93. The van der Waals surface area contributed by atoms with Gasteiger partial charge in [0.05, 0.1) is 25.1 Å². The Morgan fingerprint density at radius 1 is 1.09 bits per heavy atom. The van der Waals surface area contributed by atoms with Crippen molar-refractivity contribution in [2.75, 3.05) is 21.3 Å². The maximum absolute atomic E-state index is 12.2. The molecule has 0 atom stereocenters. The van der Waals surface area contributed by atoms with E-state index in [1.54, 1.807) is 24.3 Å². The van der Waals surface area contributed by atoms with Crippen LogP contribution in [0.25, 0.3) is 0 Å². The van der Waals surface area contributed by atoms with E-state index >= 15 is 0 Å². The molecule has 0 aliphatic carbocycles. The topological polar surface area (TPSA) is 73.9 Å². The monoisotopic (exact) mass is 421 g/mol. The van der Waals surface area contributed by atoms with Gasteiger partial charge in [-0.1, -0.05) is 0 Å². The van der Waals surface area contributed by atoms with Crippen LogP contribution >= 0.6 is 27.3 Å². The first kappa shape index (κ1) is 18.1. The molecule has 1 heterocycles. The van der Waals surface area contributed by atoms with Crippen LogP contribution in [-0.2, 0) is 16.6 Å². The average Bonchev–Trinajstić information content (AvgIpc) is 2.99. The second kappa shape index (κ2) is 7.52. The molecule has 6 nitrogen and oxygen atoms in total. The Kier molecular flexibility index (Phi) is 5.90. The lowest BCUT2D eigenvalue weighted by molar-refractivity contribution is 0.323. The predicted molar refractivity (Wildman–Crippen MR) is 92.1 cm³/mol. The Morgan fingerprint density at radius 2 is 1.70 bits per heavy atom. The Balaban J connectivity index is 2.23. The summed E-state index contributed by atoms with van der Waals surface area (Å²) in [4.78, 5) is 0. The van der Waals surface area contributed by atoms with Crippen LogP contribution < -0.4 is 18.9 Å². The van der Waals surface area contributed by atoms with E-state index in [2.05, 4.69) is 20.7 Å². The van der Waals surface area contributed by atoms with Crippen molar-refractivity contribution in [3.63, 3.8) is 0 Å². The third-order valence-corrected chi connectivity index (χ3v) is 6.52. The Morgan fingerprint density at radius 3 is 2.13 bits per heavy atom. The normalized spacial score (nSPS) is 11.3. The van der Waals surface area contributed by atoms with E-state index in [1.165, 1.54) is 21.3 Å². The maximum atomic E-state index is 12.2. The molecule has 0 unspecified atom stereocenters. The van der Waals surface area contributed by atoms with Crippen molar-refractivity contribution in [2.24, 2.45) is 0 Å². The number of nitrogens with one attached hydrogen (secondary N) is 1. The van der Waals surface area contributed by atoms with Gasteiger partial charge in [-0.25, -0.2) is 13.1 Å². The van der Waals surface area contributed by atoms with Crippen molar-refractivity contribution in [3.8, 4) is 17.2 Å². The van der Waals surface area contributed by atoms with Gasteiger partial charge in [-0.3, -0.25) is 0 Å². The SMILES string of the molecule is COc1cc(CNS(=O)(=O)c2ccc(Br)s2)cc(OC)c1OC. The summed E-state index contributed by atoms with van der Waals surface area (Å²) >= 11 is 4.40. The lowest BCUT2D eigenvalue weighted by Crippen LogP contribution is -2.22. The standard InChI is InChI=1S/C14H16BrNO5S2/c1-19-10-6-9(7-11(20-2)14(10)21-3)8-16-23(17,18)13-5-4-12(15)22-13/h4-7,16H,8H2,1-3H3. The van der Waals surface area contributed by atoms with Crippen LogP contribution in [0.4, 0.5) is 0 Å². The molecule has 0 fully saturated rings. The first-order valence-electron chi connectivity index (χ1n) is 6.45. The van der Waals surface area contributed by atoms with Crippen molar-refractivity contribution in [2.45, 2.75) is 10.8 Å². The van der Waals surface area contributed by atoms with Crippen molar-refractivity contribution in [1.82, 2.24) is 4.72 Å². The van der Waals surface area contributed by atoms with E-state index in [9.17, 15) is 8.42 Å². The molecule has 2 rings (SSSR count). The van der Waals surface area contributed by atoms with Crippen molar-refractivity contribution >= 4 is 37.3 Å². The highest BCUT2D eigenvalue weighted by atomic mass is 79.9. The highest BCUT2D eigenvalue weighted by Crippen LogP contribution is 2.38. The van der Waals surface area contributed by atoms with E-state index in [4.69, 9.17) is 14.2 Å². The van der Waals surface area contributed by atoms with E-state index in [0.29, 0.717) is 22.8 Å². The molecule has 126 valence electrons. The number of thiophene rings is 1. The number of hydrogen-bond acceptors (Lipinski definition) is 6. The molecule has 1 aromatic heterocycles. The third-order valence-electron chi connectivity index (χ3n) is 3.00. The average molecular weight is 422 g/mol. The number of sulfonamides is 1. The Labute approximate surface area is 147 Å². The molecule has 23 heavy (non-hydrogen) atoms. The van der Waals surface area contributed by atoms with E-state index in [-0.39, 0.29) is 10.8 Å². The summed E-state index contributed by atoms with van der Waals surface area (Å²) in [6.07, 6.45) is 0. The smallest absolute Gasteiger partial charge is 0.250 e. The molecule has 0 saturated carbocycles. The lowest BCUT2D eigenvalue weighted by atomic mass is 10.2. The largest absolute Gasteiger partial charge is 0.493 e. The van der Waals surface area contributed by atoms with Gasteiger partial charge >= 0.3 is 0 Å². The van der Waals surface area contributed by atoms with Crippen molar-refractivity contribution in [3.05, 3.63) is 33.6 Å². The molecule has 0 aliphatic rings. The molecule has 1 aromatic carbocycles. The van der Waals surface area contributed by atoms with Crippen LogP contribution in [0.1, 0.15) is 5.56 Å². The molecule has 0 radical (unpaired) electrons. The van der Waals surface area contributed by atoms with Gasteiger partial charge in [-0.05, 0) is 45.8 Å². The summed E-state index contributed by atoms with van der Waals surface area (Å²) in [5.41, 5.74) is 0.693. The van der Waals surface area contributed by atoms with Gasteiger partial charge in [-0.2, -0.15) is 0 Å². The number of ether oxygens (including phenoxy) is 3. The first-order valence-corrected chi connectivity index (χ1v) is 9.54. The summed E-state index contributed by atoms with van der Waals surface area (Å²) in [6, 6.07) is 6.65. The molecule has 9 heteroatoms. The minimum absolute atomic E-state index is 0.106. The van der Waals surface area contributed by atoms with Crippen molar-refractivity contribution < 1.29 is 22.6 Å². The lowest BCUT2D eigenvalue weighted by Gasteiger charge is -2.14. The van der Waals surface area contributed by atoms with E-state index < -0.39 is 10.0 Å². The summed E-state index contributed by atoms with van der Waals surface area (Å²) in [5.74, 6) is 1.41. The first-order chi connectivity index (χ1) is 10.9. The Bertz CT molecular complexity index is 763. The predicted octanol–water partition coefficient (Wildman–Crippen LogP) is 3.01. The van der Waals surface area contributed by atoms with Crippen LogP contribution in [0.3, 0.4) is 0 Å². The Hall–Kier alpha value is -1.29. The summed E-state index contributed by atoms with van der Waals surface area (Å²) in [5, 5.41) is 0. The zero-order valence-corrected chi connectivity index (χ0v) is 16.0.